The highest BCUT2D eigenvalue weighted by Crippen LogP contribution is 2.29. The molecular weight excluding hydrogens is 470 g/mol. The van der Waals surface area contributed by atoms with Crippen molar-refractivity contribution in [2.75, 3.05) is 0 Å². The molecule has 0 saturated carbocycles. The maximum Gasteiger partial charge on any atom is 0.326 e. The van der Waals surface area contributed by atoms with Gasteiger partial charge in [-0.1, -0.05) is 50.1 Å². The van der Waals surface area contributed by atoms with Gasteiger partial charge in [0.2, 0.25) is 0 Å². The third-order valence-electron chi connectivity index (χ3n) is 5.93. The molecule has 2 aromatic carbocycles. The van der Waals surface area contributed by atoms with E-state index in [0.29, 0.717) is 28.9 Å². The number of aromatic nitrogens is 2. The third kappa shape index (κ3) is 5.16. The molecule has 4 aromatic rings. The Hall–Kier alpha value is -3.16. The molecular formula is C26H26ClN3O3S. The average Bonchev–Trinajstić information content (AvgIpc) is 3.46. The molecule has 2 atom stereocenters. The lowest BCUT2D eigenvalue weighted by atomic mass is 9.99. The van der Waals surface area contributed by atoms with Crippen molar-refractivity contribution in [3.63, 3.8) is 0 Å². The highest BCUT2D eigenvalue weighted by atomic mass is 35.5. The average molecular weight is 496 g/mol. The second-order valence-corrected chi connectivity index (χ2v) is 9.83. The van der Waals surface area contributed by atoms with Crippen LogP contribution in [0.4, 0.5) is 0 Å². The quantitative estimate of drug-likeness (QED) is 0.300. The minimum absolute atomic E-state index is 0.190. The number of benzene rings is 2. The fourth-order valence-corrected chi connectivity index (χ4v) is 4.81. The normalized spacial score (nSPS) is 13.0. The zero-order valence-corrected chi connectivity index (χ0v) is 20.6. The lowest BCUT2D eigenvalue weighted by Gasteiger charge is -2.18. The minimum Gasteiger partial charge on any atom is -0.480 e. The number of amides is 1. The number of carbonyl (C=O) groups is 2. The summed E-state index contributed by atoms with van der Waals surface area (Å²) in [6.45, 7) is 3.98. The standard InChI is InChI=1S/C26H26ClN3O3S/c1-3-16(2)13-21(26(32)33)29-25(31)17-10-11-23-20(14-17)28-24(15-18-7-6-12-34-18)30(23)22-9-5-4-8-19(22)27/h4-12,14,16,21H,3,13,15H2,1-2H3,(H,29,31)(H,32,33)/t16?,21-/m0/s1. The maximum absolute atomic E-state index is 12.9. The van der Waals surface area contributed by atoms with E-state index in [1.807, 2.05) is 60.2 Å². The van der Waals surface area contributed by atoms with Crippen molar-refractivity contribution < 1.29 is 14.7 Å². The van der Waals surface area contributed by atoms with E-state index in [9.17, 15) is 14.7 Å². The lowest BCUT2D eigenvalue weighted by molar-refractivity contribution is -0.139. The van der Waals surface area contributed by atoms with Crippen molar-refractivity contribution in [2.45, 2.75) is 39.2 Å². The first-order chi connectivity index (χ1) is 16.4. The number of nitrogens with one attached hydrogen (secondary N) is 1. The van der Waals surface area contributed by atoms with Crippen molar-refractivity contribution >= 4 is 45.8 Å². The van der Waals surface area contributed by atoms with E-state index in [0.717, 1.165) is 28.3 Å². The number of rotatable bonds is 9. The number of para-hydroxylation sites is 1. The molecule has 0 radical (unpaired) electrons. The zero-order valence-electron chi connectivity index (χ0n) is 19.0. The molecule has 34 heavy (non-hydrogen) atoms. The molecule has 2 N–H and O–H groups in total. The Morgan fingerprint density at radius 1 is 1.18 bits per heavy atom. The van der Waals surface area contributed by atoms with Crippen LogP contribution in [0.5, 0.6) is 0 Å². The number of halogens is 1. The number of aliphatic carboxylic acids is 1. The summed E-state index contributed by atoms with van der Waals surface area (Å²) in [6.07, 6.45) is 1.85. The van der Waals surface area contributed by atoms with Crippen LogP contribution in [0.1, 0.15) is 47.7 Å². The van der Waals surface area contributed by atoms with Crippen LogP contribution in [0, 0.1) is 5.92 Å². The van der Waals surface area contributed by atoms with Gasteiger partial charge in [-0.15, -0.1) is 11.3 Å². The number of hydrogen-bond donors (Lipinski definition) is 2. The summed E-state index contributed by atoms with van der Waals surface area (Å²) in [5.74, 6) is -0.459. The molecule has 6 nitrogen and oxygen atoms in total. The summed E-state index contributed by atoms with van der Waals surface area (Å²) < 4.78 is 2.02. The van der Waals surface area contributed by atoms with Gasteiger partial charge in [0, 0.05) is 16.9 Å². The highest BCUT2D eigenvalue weighted by Gasteiger charge is 2.23. The van der Waals surface area contributed by atoms with Crippen LogP contribution < -0.4 is 5.32 Å². The van der Waals surface area contributed by atoms with E-state index >= 15 is 0 Å². The van der Waals surface area contributed by atoms with E-state index in [4.69, 9.17) is 16.6 Å². The number of carbonyl (C=O) groups excluding carboxylic acids is 1. The summed E-state index contributed by atoms with van der Waals surface area (Å²) in [5.41, 5.74) is 2.66. The molecule has 1 unspecified atom stereocenters. The first-order valence-electron chi connectivity index (χ1n) is 11.2. The molecule has 0 spiro atoms. The summed E-state index contributed by atoms with van der Waals surface area (Å²) in [6, 6.07) is 15.9. The Bertz CT molecular complexity index is 1320. The van der Waals surface area contributed by atoms with Gasteiger partial charge in [0.05, 0.1) is 21.7 Å². The largest absolute Gasteiger partial charge is 0.480 e. The fraction of sp³-hybridized carbons (Fsp3) is 0.269. The topological polar surface area (TPSA) is 84.2 Å². The Morgan fingerprint density at radius 3 is 2.65 bits per heavy atom. The smallest absolute Gasteiger partial charge is 0.326 e. The molecule has 0 aliphatic carbocycles. The molecule has 0 aliphatic rings. The van der Waals surface area contributed by atoms with Gasteiger partial charge < -0.3 is 10.4 Å². The van der Waals surface area contributed by atoms with Crippen LogP contribution in [0.25, 0.3) is 16.7 Å². The Morgan fingerprint density at radius 2 is 1.97 bits per heavy atom. The van der Waals surface area contributed by atoms with Crippen molar-refractivity contribution in [1.82, 2.24) is 14.9 Å². The molecule has 8 heteroatoms. The molecule has 0 fully saturated rings. The Kier molecular flexibility index (Phi) is 7.34. The van der Waals surface area contributed by atoms with Crippen LogP contribution in [-0.2, 0) is 11.2 Å². The zero-order chi connectivity index (χ0) is 24.2. The number of imidazole rings is 1. The van der Waals surface area contributed by atoms with Crippen LogP contribution in [0.15, 0.2) is 60.0 Å². The number of fused-ring (bicyclic) bond motifs is 1. The number of hydrogen-bond acceptors (Lipinski definition) is 4. The van der Waals surface area contributed by atoms with E-state index in [1.165, 1.54) is 0 Å². The minimum atomic E-state index is -1.03. The van der Waals surface area contributed by atoms with Crippen molar-refractivity contribution in [3.05, 3.63) is 81.3 Å². The summed E-state index contributed by atoms with van der Waals surface area (Å²) in [4.78, 5) is 30.6. The SMILES string of the molecule is CCC(C)C[C@H](NC(=O)c1ccc2c(c1)nc(Cc1cccs1)n2-c1ccccc1Cl)C(=O)O. The molecule has 0 aliphatic heterocycles. The van der Waals surface area contributed by atoms with Gasteiger partial charge in [0.15, 0.2) is 0 Å². The predicted molar refractivity (Wildman–Crippen MR) is 136 cm³/mol. The summed E-state index contributed by atoms with van der Waals surface area (Å²) in [7, 11) is 0. The van der Waals surface area contributed by atoms with Gasteiger partial charge in [-0.3, -0.25) is 9.36 Å². The van der Waals surface area contributed by atoms with Crippen molar-refractivity contribution in [3.8, 4) is 5.69 Å². The van der Waals surface area contributed by atoms with Crippen LogP contribution >= 0.6 is 22.9 Å². The molecule has 1 amide bonds. The molecule has 4 rings (SSSR count). The lowest BCUT2D eigenvalue weighted by Crippen LogP contribution is -2.41. The predicted octanol–water partition coefficient (Wildman–Crippen LogP) is 5.95. The van der Waals surface area contributed by atoms with Gasteiger partial charge in [-0.2, -0.15) is 0 Å². The maximum atomic E-state index is 12.9. The highest BCUT2D eigenvalue weighted by molar-refractivity contribution is 7.09. The van der Waals surface area contributed by atoms with Gasteiger partial charge in [0.1, 0.15) is 11.9 Å². The Labute approximate surface area is 207 Å². The van der Waals surface area contributed by atoms with Crippen LogP contribution in [-0.4, -0.2) is 32.6 Å². The first-order valence-corrected chi connectivity index (χ1v) is 12.5. The van der Waals surface area contributed by atoms with Crippen LogP contribution in [0.3, 0.4) is 0 Å². The van der Waals surface area contributed by atoms with Crippen LogP contribution in [0.2, 0.25) is 5.02 Å². The van der Waals surface area contributed by atoms with Gasteiger partial charge in [0.25, 0.3) is 5.91 Å². The number of carboxylic acids is 1. The molecule has 0 bridgehead atoms. The van der Waals surface area contributed by atoms with E-state index in [2.05, 4.69) is 11.4 Å². The second-order valence-electron chi connectivity index (χ2n) is 8.39. The second kappa shape index (κ2) is 10.4. The first kappa shape index (κ1) is 24.0. The molecule has 2 heterocycles. The van der Waals surface area contributed by atoms with Gasteiger partial charge in [-0.05, 0) is 54.1 Å². The van der Waals surface area contributed by atoms with Crippen molar-refractivity contribution in [1.29, 1.82) is 0 Å². The number of carboxylic acid groups (broad SMARTS) is 1. The van der Waals surface area contributed by atoms with Gasteiger partial charge in [-0.25, -0.2) is 9.78 Å². The molecule has 176 valence electrons. The van der Waals surface area contributed by atoms with E-state index in [-0.39, 0.29) is 5.92 Å². The Balaban J connectivity index is 1.72. The molecule has 2 aromatic heterocycles. The van der Waals surface area contributed by atoms with E-state index in [1.54, 1.807) is 23.5 Å². The van der Waals surface area contributed by atoms with Gasteiger partial charge >= 0.3 is 5.97 Å². The summed E-state index contributed by atoms with van der Waals surface area (Å²) >= 11 is 8.18. The summed E-state index contributed by atoms with van der Waals surface area (Å²) in [5, 5.41) is 14.9. The monoisotopic (exact) mass is 495 g/mol. The molecule has 0 saturated heterocycles. The number of thiophene rings is 1. The van der Waals surface area contributed by atoms with Crippen molar-refractivity contribution in [2.24, 2.45) is 5.92 Å². The third-order valence-corrected chi connectivity index (χ3v) is 7.13. The van der Waals surface area contributed by atoms with E-state index < -0.39 is 17.9 Å². The number of nitrogens with zero attached hydrogens (tertiary/aromatic N) is 2. The fourth-order valence-electron chi connectivity index (χ4n) is 3.89.